The largest absolute Gasteiger partial charge is 0.378 e. The third kappa shape index (κ3) is 2.18. The van der Waals surface area contributed by atoms with Gasteiger partial charge in [0.2, 0.25) is 0 Å². The molecule has 16 heavy (non-hydrogen) atoms. The van der Waals surface area contributed by atoms with Gasteiger partial charge in [-0.1, -0.05) is 17.7 Å². The van der Waals surface area contributed by atoms with E-state index in [9.17, 15) is 9.18 Å². The Balaban J connectivity index is 2.22. The number of nitrogens with zero attached hydrogens (tertiary/aromatic N) is 1. The SMILES string of the molecule is O=C(c1cccc(F)c1Cl)N1CCOCC1. The number of ether oxygens (including phenoxy) is 1. The number of carbonyl (C=O) groups excluding carboxylic acids is 1. The molecule has 1 heterocycles. The van der Waals surface area contributed by atoms with Gasteiger partial charge in [-0.05, 0) is 12.1 Å². The van der Waals surface area contributed by atoms with Gasteiger partial charge >= 0.3 is 0 Å². The first-order chi connectivity index (χ1) is 7.70. The zero-order valence-corrected chi connectivity index (χ0v) is 9.34. The van der Waals surface area contributed by atoms with Gasteiger partial charge in [0.15, 0.2) is 0 Å². The van der Waals surface area contributed by atoms with E-state index in [0.29, 0.717) is 26.3 Å². The molecule has 1 amide bonds. The number of morpholine rings is 1. The molecular weight excluding hydrogens is 233 g/mol. The van der Waals surface area contributed by atoms with Crippen molar-refractivity contribution in [1.29, 1.82) is 0 Å². The zero-order chi connectivity index (χ0) is 11.5. The van der Waals surface area contributed by atoms with E-state index in [-0.39, 0.29) is 16.5 Å². The quantitative estimate of drug-likeness (QED) is 0.755. The highest BCUT2D eigenvalue weighted by Gasteiger charge is 2.21. The average molecular weight is 244 g/mol. The Labute approximate surface area is 97.8 Å². The first-order valence-corrected chi connectivity index (χ1v) is 5.39. The van der Waals surface area contributed by atoms with Crippen LogP contribution < -0.4 is 0 Å². The molecule has 1 aromatic carbocycles. The van der Waals surface area contributed by atoms with E-state index in [1.807, 2.05) is 0 Å². The van der Waals surface area contributed by atoms with Crippen LogP contribution in [0.2, 0.25) is 5.02 Å². The summed E-state index contributed by atoms with van der Waals surface area (Å²) >= 11 is 5.75. The van der Waals surface area contributed by atoms with Crippen molar-refractivity contribution < 1.29 is 13.9 Å². The normalized spacial score (nSPS) is 16.2. The van der Waals surface area contributed by atoms with Gasteiger partial charge in [0.1, 0.15) is 5.82 Å². The molecular formula is C11H11ClFNO2. The molecule has 1 saturated heterocycles. The summed E-state index contributed by atoms with van der Waals surface area (Å²) in [7, 11) is 0. The molecule has 0 spiro atoms. The highest BCUT2D eigenvalue weighted by atomic mass is 35.5. The van der Waals surface area contributed by atoms with E-state index in [1.165, 1.54) is 18.2 Å². The Hall–Kier alpha value is -1.13. The third-order valence-corrected chi connectivity index (χ3v) is 2.86. The second-order valence-electron chi connectivity index (χ2n) is 3.51. The van der Waals surface area contributed by atoms with Gasteiger partial charge < -0.3 is 9.64 Å². The molecule has 0 saturated carbocycles. The molecule has 0 aliphatic carbocycles. The molecule has 0 bridgehead atoms. The first-order valence-electron chi connectivity index (χ1n) is 5.01. The lowest BCUT2D eigenvalue weighted by atomic mass is 10.2. The van der Waals surface area contributed by atoms with Crippen LogP contribution in [-0.4, -0.2) is 37.1 Å². The van der Waals surface area contributed by atoms with Gasteiger partial charge in [0, 0.05) is 13.1 Å². The van der Waals surface area contributed by atoms with Gasteiger partial charge in [-0.2, -0.15) is 0 Å². The van der Waals surface area contributed by atoms with E-state index in [1.54, 1.807) is 4.90 Å². The van der Waals surface area contributed by atoms with Crippen molar-refractivity contribution in [2.75, 3.05) is 26.3 Å². The fourth-order valence-corrected chi connectivity index (χ4v) is 1.81. The predicted molar refractivity (Wildman–Crippen MR) is 58.1 cm³/mol. The standard InChI is InChI=1S/C11H11ClFNO2/c12-10-8(2-1-3-9(10)13)11(15)14-4-6-16-7-5-14/h1-3H,4-7H2. The molecule has 1 aliphatic heterocycles. The van der Waals surface area contributed by atoms with Gasteiger partial charge in [-0.15, -0.1) is 0 Å². The number of amides is 1. The lowest BCUT2D eigenvalue weighted by Crippen LogP contribution is -2.40. The maximum atomic E-state index is 13.2. The van der Waals surface area contributed by atoms with E-state index < -0.39 is 5.82 Å². The molecule has 0 N–H and O–H groups in total. The second kappa shape index (κ2) is 4.80. The number of carbonyl (C=O) groups is 1. The van der Waals surface area contributed by atoms with E-state index in [0.717, 1.165) is 0 Å². The number of hydrogen-bond donors (Lipinski definition) is 0. The Morgan fingerprint density at radius 1 is 1.38 bits per heavy atom. The van der Waals surface area contributed by atoms with Crippen molar-refractivity contribution in [3.8, 4) is 0 Å². The van der Waals surface area contributed by atoms with Crippen LogP contribution in [0.15, 0.2) is 18.2 Å². The van der Waals surface area contributed by atoms with Crippen molar-refractivity contribution in [2.24, 2.45) is 0 Å². The average Bonchev–Trinajstić information content (AvgIpc) is 2.33. The Morgan fingerprint density at radius 2 is 2.06 bits per heavy atom. The first kappa shape index (κ1) is 11.4. The molecule has 3 nitrogen and oxygen atoms in total. The fraction of sp³-hybridized carbons (Fsp3) is 0.364. The summed E-state index contributed by atoms with van der Waals surface area (Å²) in [6.07, 6.45) is 0. The third-order valence-electron chi connectivity index (χ3n) is 2.48. The Morgan fingerprint density at radius 3 is 2.75 bits per heavy atom. The van der Waals surface area contributed by atoms with Crippen LogP contribution in [0.3, 0.4) is 0 Å². The van der Waals surface area contributed by atoms with Crippen molar-refractivity contribution in [1.82, 2.24) is 4.90 Å². The minimum Gasteiger partial charge on any atom is -0.378 e. The maximum absolute atomic E-state index is 13.2. The number of halogens is 2. The minimum atomic E-state index is -0.569. The van der Waals surface area contributed by atoms with Gasteiger partial charge in [-0.25, -0.2) is 4.39 Å². The van der Waals surface area contributed by atoms with Crippen molar-refractivity contribution in [2.45, 2.75) is 0 Å². The fourth-order valence-electron chi connectivity index (χ4n) is 1.61. The van der Waals surface area contributed by atoms with Crippen molar-refractivity contribution in [3.05, 3.63) is 34.6 Å². The van der Waals surface area contributed by atoms with E-state index >= 15 is 0 Å². The topological polar surface area (TPSA) is 29.5 Å². The summed E-state index contributed by atoms with van der Waals surface area (Å²) in [5, 5.41) is -0.112. The maximum Gasteiger partial charge on any atom is 0.255 e. The molecule has 86 valence electrons. The van der Waals surface area contributed by atoms with Crippen LogP contribution in [-0.2, 0) is 4.74 Å². The molecule has 1 fully saturated rings. The number of rotatable bonds is 1. The molecule has 1 aromatic rings. The summed E-state index contributed by atoms with van der Waals surface area (Å²) in [5.74, 6) is -0.812. The van der Waals surface area contributed by atoms with Crippen LogP contribution in [0.4, 0.5) is 4.39 Å². The van der Waals surface area contributed by atoms with Crippen LogP contribution in [0.5, 0.6) is 0 Å². The summed E-state index contributed by atoms with van der Waals surface area (Å²) in [4.78, 5) is 13.6. The molecule has 0 atom stereocenters. The Kier molecular flexibility index (Phi) is 3.41. The highest BCUT2D eigenvalue weighted by Crippen LogP contribution is 2.21. The van der Waals surface area contributed by atoms with E-state index in [4.69, 9.17) is 16.3 Å². The molecule has 0 unspecified atom stereocenters. The van der Waals surface area contributed by atoms with Gasteiger partial charge in [0.25, 0.3) is 5.91 Å². The molecule has 0 aromatic heterocycles. The molecule has 2 rings (SSSR count). The molecule has 1 aliphatic rings. The summed E-state index contributed by atoms with van der Waals surface area (Å²) < 4.78 is 18.3. The monoisotopic (exact) mass is 243 g/mol. The van der Waals surface area contributed by atoms with Crippen LogP contribution in [0.25, 0.3) is 0 Å². The summed E-state index contributed by atoms with van der Waals surface area (Å²) in [6.45, 7) is 2.06. The van der Waals surface area contributed by atoms with Crippen molar-refractivity contribution in [3.63, 3.8) is 0 Å². The smallest absolute Gasteiger partial charge is 0.255 e. The second-order valence-corrected chi connectivity index (χ2v) is 3.88. The minimum absolute atomic E-state index is 0.112. The number of benzene rings is 1. The van der Waals surface area contributed by atoms with E-state index in [2.05, 4.69) is 0 Å². The van der Waals surface area contributed by atoms with Gasteiger partial charge in [0.05, 0.1) is 23.8 Å². The molecule has 0 radical (unpaired) electrons. The van der Waals surface area contributed by atoms with Gasteiger partial charge in [-0.3, -0.25) is 4.79 Å². The van der Waals surface area contributed by atoms with Crippen LogP contribution in [0.1, 0.15) is 10.4 Å². The van der Waals surface area contributed by atoms with Crippen LogP contribution in [0, 0.1) is 5.82 Å². The zero-order valence-electron chi connectivity index (χ0n) is 8.58. The Bertz CT molecular complexity index is 405. The molecule has 5 heteroatoms. The van der Waals surface area contributed by atoms with Crippen LogP contribution >= 0.6 is 11.6 Å². The number of hydrogen-bond acceptors (Lipinski definition) is 2. The summed E-state index contributed by atoms with van der Waals surface area (Å²) in [5.41, 5.74) is 0.212. The predicted octanol–water partition coefficient (Wildman–Crippen LogP) is 1.95. The summed E-state index contributed by atoms with van der Waals surface area (Å²) in [6, 6.07) is 4.25. The lowest BCUT2D eigenvalue weighted by Gasteiger charge is -2.27. The van der Waals surface area contributed by atoms with Crippen molar-refractivity contribution >= 4 is 17.5 Å². The lowest BCUT2D eigenvalue weighted by molar-refractivity contribution is 0.0302. The highest BCUT2D eigenvalue weighted by molar-refractivity contribution is 6.34.